The van der Waals surface area contributed by atoms with Gasteiger partial charge in [0.05, 0.1) is 16.3 Å². The van der Waals surface area contributed by atoms with Gasteiger partial charge in [0, 0.05) is 18.0 Å². The van der Waals surface area contributed by atoms with E-state index in [2.05, 4.69) is 16.9 Å². The van der Waals surface area contributed by atoms with Crippen LogP contribution in [0.5, 0.6) is 0 Å². The fraction of sp³-hybridized carbons (Fsp3) is 0. The Balaban J connectivity index is 2.12. The smallest absolute Gasteiger partial charge is 0.259 e. The van der Waals surface area contributed by atoms with Crippen molar-refractivity contribution in [3.63, 3.8) is 0 Å². The van der Waals surface area contributed by atoms with Crippen LogP contribution in [0.15, 0.2) is 60.9 Å². The summed E-state index contributed by atoms with van der Waals surface area (Å²) in [4.78, 5) is 27.8. The minimum absolute atomic E-state index is 0.169. The van der Waals surface area contributed by atoms with Crippen molar-refractivity contribution in [1.82, 2.24) is 4.98 Å². The molecule has 4 nitrogen and oxygen atoms in total. The second kappa shape index (κ2) is 6.12. The topological polar surface area (TPSA) is 59.1 Å². The third-order valence-corrected chi connectivity index (χ3v) is 2.92. The minimum atomic E-state index is -0.591. The summed E-state index contributed by atoms with van der Waals surface area (Å²) in [6, 6.07) is 9.95. The summed E-state index contributed by atoms with van der Waals surface area (Å²) in [6.45, 7) is 3.52. The Labute approximate surface area is 121 Å². The zero-order valence-electron chi connectivity index (χ0n) is 10.5. The molecule has 100 valence electrons. The molecule has 5 heteroatoms. The molecule has 2 rings (SSSR count). The number of amides is 1. The molecule has 0 fully saturated rings. The van der Waals surface area contributed by atoms with Crippen molar-refractivity contribution in [3.05, 3.63) is 71.5 Å². The Bertz CT molecular complexity index is 669. The third kappa shape index (κ3) is 3.10. The number of halogens is 1. The van der Waals surface area contributed by atoms with Crippen molar-refractivity contribution in [2.45, 2.75) is 0 Å². The zero-order valence-corrected chi connectivity index (χ0v) is 11.2. The molecule has 1 aromatic carbocycles. The lowest BCUT2D eigenvalue weighted by molar-refractivity contribution is -0.112. The van der Waals surface area contributed by atoms with E-state index in [1.54, 1.807) is 42.6 Å². The highest BCUT2D eigenvalue weighted by Crippen LogP contribution is 2.21. The SMILES string of the molecule is C=C(C(=O)Nc1ccccc1Cl)C(=O)c1cccnc1. The van der Waals surface area contributed by atoms with Crippen LogP contribution in [0.4, 0.5) is 5.69 Å². The quantitative estimate of drug-likeness (QED) is 0.407. The van der Waals surface area contributed by atoms with E-state index in [9.17, 15) is 9.59 Å². The molecule has 0 saturated carbocycles. The van der Waals surface area contributed by atoms with Gasteiger partial charge in [0.15, 0.2) is 5.78 Å². The van der Waals surface area contributed by atoms with Gasteiger partial charge in [-0.05, 0) is 24.3 Å². The van der Waals surface area contributed by atoms with E-state index >= 15 is 0 Å². The molecule has 1 amide bonds. The number of nitrogens with one attached hydrogen (secondary N) is 1. The van der Waals surface area contributed by atoms with E-state index in [0.717, 1.165) is 0 Å². The predicted octanol–water partition coefficient (Wildman–Crippen LogP) is 3.11. The summed E-state index contributed by atoms with van der Waals surface area (Å²) in [5.74, 6) is -1.06. The maximum absolute atomic E-state index is 12.0. The first-order valence-corrected chi connectivity index (χ1v) is 6.17. The van der Waals surface area contributed by atoms with E-state index in [1.807, 2.05) is 0 Å². The van der Waals surface area contributed by atoms with Gasteiger partial charge in [-0.25, -0.2) is 0 Å². The molecular formula is C15H11ClN2O2. The zero-order chi connectivity index (χ0) is 14.5. The maximum atomic E-state index is 12.0. The van der Waals surface area contributed by atoms with Crippen molar-refractivity contribution < 1.29 is 9.59 Å². The Morgan fingerprint density at radius 2 is 1.90 bits per heavy atom. The fourth-order valence-corrected chi connectivity index (χ4v) is 1.72. The molecule has 2 aromatic rings. The molecule has 0 spiro atoms. The number of aromatic nitrogens is 1. The van der Waals surface area contributed by atoms with Gasteiger partial charge in [0.1, 0.15) is 0 Å². The Morgan fingerprint density at radius 1 is 1.15 bits per heavy atom. The minimum Gasteiger partial charge on any atom is -0.321 e. The summed E-state index contributed by atoms with van der Waals surface area (Å²) in [6.07, 6.45) is 2.93. The summed E-state index contributed by atoms with van der Waals surface area (Å²) in [5, 5.41) is 2.94. The number of ketones is 1. The van der Waals surface area contributed by atoms with Gasteiger partial charge in [0.25, 0.3) is 5.91 Å². The van der Waals surface area contributed by atoms with Crippen molar-refractivity contribution in [2.24, 2.45) is 0 Å². The molecule has 0 aliphatic heterocycles. The standard InChI is InChI=1S/C15H11ClN2O2/c1-10(14(19)11-5-4-8-17-9-11)15(20)18-13-7-3-2-6-12(13)16/h2-9H,1H2,(H,18,20). The fourth-order valence-electron chi connectivity index (χ4n) is 1.53. The lowest BCUT2D eigenvalue weighted by Crippen LogP contribution is -2.20. The van der Waals surface area contributed by atoms with E-state index in [0.29, 0.717) is 16.3 Å². The number of rotatable bonds is 4. The summed E-state index contributed by atoms with van der Waals surface area (Å²) in [5.41, 5.74) is 0.573. The summed E-state index contributed by atoms with van der Waals surface area (Å²) < 4.78 is 0. The van der Waals surface area contributed by atoms with E-state index < -0.39 is 11.7 Å². The van der Waals surface area contributed by atoms with Crippen molar-refractivity contribution >= 4 is 29.0 Å². The van der Waals surface area contributed by atoms with E-state index in [-0.39, 0.29) is 5.57 Å². The number of anilines is 1. The van der Waals surface area contributed by atoms with Gasteiger partial charge < -0.3 is 5.32 Å². The normalized spacial score (nSPS) is 9.85. The molecule has 0 unspecified atom stereocenters. The van der Waals surface area contributed by atoms with Crippen LogP contribution in [-0.2, 0) is 4.79 Å². The Kier molecular flexibility index (Phi) is 4.27. The van der Waals surface area contributed by atoms with Crippen molar-refractivity contribution in [3.8, 4) is 0 Å². The summed E-state index contributed by atoms with van der Waals surface area (Å²) >= 11 is 5.93. The summed E-state index contributed by atoms with van der Waals surface area (Å²) in [7, 11) is 0. The second-order valence-corrected chi connectivity index (χ2v) is 4.39. The van der Waals surface area contributed by atoms with E-state index in [4.69, 9.17) is 11.6 Å². The largest absolute Gasteiger partial charge is 0.321 e. The number of pyridine rings is 1. The molecule has 0 atom stereocenters. The van der Waals surface area contributed by atoms with Crippen LogP contribution < -0.4 is 5.32 Å². The number of Topliss-reactive ketones (excluding diaryl/α,β-unsaturated/α-hetero) is 1. The molecule has 1 heterocycles. The number of para-hydroxylation sites is 1. The van der Waals surface area contributed by atoms with Crippen LogP contribution in [0.1, 0.15) is 10.4 Å². The highest BCUT2D eigenvalue weighted by Gasteiger charge is 2.18. The van der Waals surface area contributed by atoms with Gasteiger partial charge in [0.2, 0.25) is 0 Å². The lowest BCUT2D eigenvalue weighted by atomic mass is 10.1. The molecule has 0 aliphatic rings. The predicted molar refractivity (Wildman–Crippen MR) is 77.8 cm³/mol. The van der Waals surface area contributed by atoms with Gasteiger partial charge in [-0.3, -0.25) is 14.6 Å². The number of carbonyl (C=O) groups excluding carboxylic acids is 2. The molecule has 1 N–H and O–H groups in total. The monoisotopic (exact) mass is 286 g/mol. The first kappa shape index (κ1) is 14.0. The van der Waals surface area contributed by atoms with E-state index in [1.165, 1.54) is 6.20 Å². The highest BCUT2D eigenvalue weighted by atomic mass is 35.5. The number of hydrogen-bond acceptors (Lipinski definition) is 3. The maximum Gasteiger partial charge on any atom is 0.259 e. The third-order valence-electron chi connectivity index (χ3n) is 2.59. The molecule has 1 aromatic heterocycles. The average molecular weight is 287 g/mol. The molecule has 0 aliphatic carbocycles. The molecule has 0 bridgehead atoms. The van der Waals surface area contributed by atoms with Gasteiger partial charge in [-0.2, -0.15) is 0 Å². The number of nitrogens with zero attached hydrogens (tertiary/aromatic N) is 1. The van der Waals surface area contributed by atoms with Crippen molar-refractivity contribution in [2.75, 3.05) is 5.32 Å². The van der Waals surface area contributed by atoms with Crippen LogP contribution in [-0.4, -0.2) is 16.7 Å². The molecule has 0 radical (unpaired) electrons. The number of carbonyl (C=O) groups is 2. The number of benzene rings is 1. The lowest BCUT2D eigenvalue weighted by Gasteiger charge is -2.08. The molecule has 20 heavy (non-hydrogen) atoms. The van der Waals surface area contributed by atoms with Crippen LogP contribution in [0.25, 0.3) is 0 Å². The number of hydrogen-bond donors (Lipinski definition) is 1. The first-order chi connectivity index (χ1) is 9.59. The van der Waals surface area contributed by atoms with Crippen LogP contribution >= 0.6 is 11.6 Å². The molecular weight excluding hydrogens is 276 g/mol. The van der Waals surface area contributed by atoms with Gasteiger partial charge in [-0.15, -0.1) is 0 Å². The van der Waals surface area contributed by atoms with Crippen LogP contribution in [0.3, 0.4) is 0 Å². The second-order valence-electron chi connectivity index (χ2n) is 3.98. The highest BCUT2D eigenvalue weighted by molar-refractivity contribution is 6.35. The van der Waals surface area contributed by atoms with Crippen molar-refractivity contribution in [1.29, 1.82) is 0 Å². The Hall–Kier alpha value is -2.46. The van der Waals surface area contributed by atoms with Crippen LogP contribution in [0.2, 0.25) is 5.02 Å². The average Bonchev–Trinajstić information content (AvgIpc) is 2.49. The molecule has 0 saturated heterocycles. The first-order valence-electron chi connectivity index (χ1n) is 5.79. The Morgan fingerprint density at radius 3 is 2.55 bits per heavy atom. The van der Waals surface area contributed by atoms with Crippen LogP contribution in [0, 0.1) is 0 Å². The van der Waals surface area contributed by atoms with Gasteiger partial charge in [-0.1, -0.05) is 30.3 Å². The van der Waals surface area contributed by atoms with Gasteiger partial charge >= 0.3 is 0 Å².